The molecule has 3 heteroatoms. The van der Waals surface area contributed by atoms with Crippen LogP contribution in [0.25, 0.3) is 0 Å². The minimum Gasteiger partial charge on any atom is -0.486 e. The first-order valence-electron chi connectivity index (χ1n) is 6.76. The lowest BCUT2D eigenvalue weighted by atomic mass is 9.90. The lowest BCUT2D eigenvalue weighted by Gasteiger charge is -2.26. The molecule has 0 saturated heterocycles. The van der Waals surface area contributed by atoms with Crippen molar-refractivity contribution in [3.05, 3.63) is 23.8 Å². The van der Waals surface area contributed by atoms with Crippen LogP contribution in [0.4, 0.5) is 0 Å². The van der Waals surface area contributed by atoms with Gasteiger partial charge in [-0.3, -0.25) is 0 Å². The SMILES string of the molecule is CCCCCC(C)(O)c1ccc2c(c1)OCCO2. The van der Waals surface area contributed by atoms with Gasteiger partial charge in [0.15, 0.2) is 11.5 Å². The van der Waals surface area contributed by atoms with E-state index in [0.717, 1.165) is 42.7 Å². The summed E-state index contributed by atoms with van der Waals surface area (Å²) in [5, 5.41) is 10.5. The molecule has 100 valence electrons. The van der Waals surface area contributed by atoms with E-state index in [9.17, 15) is 5.11 Å². The summed E-state index contributed by atoms with van der Waals surface area (Å²) in [5.74, 6) is 1.52. The number of hydrogen-bond donors (Lipinski definition) is 1. The van der Waals surface area contributed by atoms with Gasteiger partial charge in [-0.15, -0.1) is 0 Å². The molecule has 1 aliphatic heterocycles. The van der Waals surface area contributed by atoms with Crippen LogP contribution >= 0.6 is 0 Å². The second-order valence-corrected chi connectivity index (χ2v) is 5.09. The summed E-state index contributed by atoms with van der Waals surface area (Å²) in [6.45, 7) is 5.21. The molecule has 1 aliphatic rings. The molecule has 1 unspecified atom stereocenters. The molecule has 0 bridgehead atoms. The van der Waals surface area contributed by atoms with Crippen molar-refractivity contribution in [3.8, 4) is 11.5 Å². The van der Waals surface area contributed by atoms with Crippen molar-refractivity contribution in [2.45, 2.75) is 45.1 Å². The van der Waals surface area contributed by atoms with Crippen molar-refractivity contribution < 1.29 is 14.6 Å². The molecule has 1 N–H and O–H groups in total. The first-order chi connectivity index (χ1) is 8.63. The van der Waals surface area contributed by atoms with Gasteiger partial charge in [0.25, 0.3) is 0 Å². The maximum atomic E-state index is 10.5. The number of ether oxygens (including phenoxy) is 2. The molecule has 3 nitrogen and oxygen atoms in total. The summed E-state index contributed by atoms with van der Waals surface area (Å²) < 4.78 is 11.0. The molecule has 0 aliphatic carbocycles. The Bertz CT molecular complexity index is 399. The molecule has 1 aromatic carbocycles. The molecule has 1 heterocycles. The van der Waals surface area contributed by atoms with E-state index >= 15 is 0 Å². The van der Waals surface area contributed by atoms with E-state index in [-0.39, 0.29) is 0 Å². The molecule has 0 spiro atoms. The van der Waals surface area contributed by atoms with Crippen molar-refractivity contribution in [2.24, 2.45) is 0 Å². The number of unbranched alkanes of at least 4 members (excludes halogenated alkanes) is 2. The molecule has 1 aromatic rings. The minimum absolute atomic E-state index is 0.578. The van der Waals surface area contributed by atoms with Crippen LogP contribution in [0.2, 0.25) is 0 Å². The quantitative estimate of drug-likeness (QED) is 0.815. The Balaban J connectivity index is 2.11. The Morgan fingerprint density at radius 2 is 1.89 bits per heavy atom. The maximum absolute atomic E-state index is 10.5. The van der Waals surface area contributed by atoms with Crippen molar-refractivity contribution >= 4 is 0 Å². The van der Waals surface area contributed by atoms with E-state index in [2.05, 4.69) is 6.92 Å². The number of aliphatic hydroxyl groups is 1. The van der Waals surface area contributed by atoms with Crippen LogP contribution in [0.5, 0.6) is 11.5 Å². The molecule has 0 fully saturated rings. The van der Waals surface area contributed by atoms with Crippen molar-refractivity contribution in [2.75, 3.05) is 13.2 Å². The van der Waals surface area contributed by atoms with E-state index in [4.69, 9.17) is 9.47 Å². The molecular formula is C15H22O3. The van der Waals surface area contributed by atoms with Crippen molar-refractivity contribution in [1.29, 1.82) is 0 Å². The third-order valence-corrected chi connectivity index (χ3v) is 3.43. The van der Waals surface area contributed by atoms with Crippen LogP contribution in [0, 0.1) is 0 Å². The zero-order valence-corrected chi connectivity index (χ0v) is 11.2. The van der Waals surface area contributed by atoms with Crippen LogP contribution < -0.4 is 9.47 Å². The van der Waals surface area contributed by atoms with Crippen molar-refractivity contribution in [3.63, 3.8) is 0 Å². The predicted octanol–water partition coefficient (Wildman–Crippen LogP) is 3.25. The zero-order valence-electron chi connectivity index (χ0n) is 11.2. The summed E-state index contributed by atoms with van der Waals surface area (Å²) in [6, 6.07) is 5.72. The van der Waals surface area contributed by atoms with E-state index in [1.807, 2.05) is 25.1 Å². The zero-order chi connectivity index (χ0) is 13.0. The van der Waals surface area contributed by atoms with Crippen LogP contribution in [0.15, 0.2) is 18.2 Å². The highest BCUT2D eigenvalue weighted by Crippen LogP contribution is 2.36. The number of hydrogen-bond acceptors (Lipinski definition) is 3. The normalized spacial score (nSPS) is 17.3. The number of rotatable bonds is 5. The lowest BCUT2D eigenvalue weighted by molar-refractivity contribution is 0.0443. The van der Waals surface area contributed by atoms with Gasteiger partial charge in [-0.05, 0) is 31.0 Å². The van der Waals surface area contributed by atoms with Crippen LogP contribution in [0.1, 0.15) is 45.1 Å². The molecule has 0 amide bonds. The van der Waals surface area contributed by atoms with Gasteiger partial charge in [-0.25, -0.2) is 0 Å². The second kappa shape index (κ2) is 5.61. The van der Waals surface area contributed by atoms with Gasteiger partial charge in [-0.2, -0.15) is 0 Å². The summed E-state index contributed by atoms with van der Waals surface area (Å²) >= 11 is 0. The van der Waals surface area contributed by atoms with Gasteiger partial charge in [0.1, 0.15) is 13.2 Å². The van der Waals surface area contributed by atoms with Crippen LogP contribution in [-0.2, 0) is 5.60 Å². The molecule has 18 heavy (non-hydrogen) atoms. The highest BCUT2D eigenvalue weighted by molar-refractivity contribution is 5.45. The largest absolute Gasteiger partial charge is 0.486 e. The van der Waals surface area contributed by atoms with E-state index < -0.39 is 5.60 Å². The fourth-order valence-electron chi connectivity index (χ4n) is 2.24. The van der Waals surface area contributed by atoms with Gasteiger partial charge in [0, 0.05) is 0 Å². The Morgan fingerprint density at radius 1 is 1.17 bits per heavy atom. The first-order valence-corrected chi connectivity index (χ1v) is 6.76. The Morgan fingerprint density at radius 3 is 2.61 bits per heavy atom. The first kappa shape index (κ1) is 13.2. The number of benzene rings is 1. The highest BCUT2D eigenvalue weighted by Gasteiger charge is 2.24. The standard InChI is InChI=1S/C15H22O3/c1-3-4-5-8-15(2,16)12-6-7-13-14(11-12)18-10-9-17-13/h6-7,11,16H,3-5,8-10H2,1-2H3. The summed E-state index contributed by atoms with van der Waals surface area (Å²) in [5.41, 5.74) is 0.119. The third-order valence-electron chi connectivity index (χ3n) is 3.43. The average Bonchev–Trinajstić information content (AvgIpc) is 2.38. The monoisotopic (exact) mass is 250 g/mol. The van der Waals surface area contributed by atoms with Gasteiger partial charge < -0.3 is 14.6 Å². The van der Waals surface area contributed by atoms with E-state index in [0.29, 0.717) is 13.2 Å². The molecule has 1 atom stereocenters. The summed E-state index contributed by atoms with van der Waals surface area (Å²) in [6.07, 6.45) is 4.14. The Hall–Kier alpha value is -1.22. The smallest absolute Gasteiger partial charge is 0.161 e. The molecule has 0 radical (unpaired) electrons. The maximum Gasteiger partial charge on any atom is 0.161 e. The summed E-state index contributed by atoms with van der Waals surface area (Å²) in [7, 11) is 0. The Kier molecular flexibility index (Phi) is 4.12. The minimum atomic E-state index is -0.787. The third kappa shape index (κ3) is 2.96. The fourth-order valence-corrected chi connectivity index (χ4v) is 2.24. The van der Waals surface area contributed by atoms with Crippen LogP contribution in [0.3, 0.4) is 0 Å². The highest BCUT2D eigenvalue weighted by atomic mass is 16.6. The van der Waals surface area contributed by atoms with Crippen LogP contribution in [-0.4, -0.2) is 18.3 Å². The summed E-state index contributed by atoms with van der Waals surface area (Å²) in [4.78, 5) is 0. The van der Waals surface area contributed by atoms with E-state index in [1.54, 1.807) is 0 Å². The molecule has 2 rings (SSSR count). The molecular weight excluding hydrogens is 228 g/mol. The fraction of sp³-hybridized carbons (Fsp3) is 0.600. The van der Waals surface area contributed by atoms with Gasteiger partial charge in [0.2, 0.25) is 0 Å². The Labute approximate surface area is 109 Å². The second-order valence-electron chi connectivity index (χ2n) is 5.09. The van der Waals surface area contributed by atoms with Crippen molar-refractivity contribution in [1.82, 2.24) is 0 Å². The van der Waals surface area contributed by atoms with E-state index in [1.165, 1.54) is 0 Å². The predicted molar refractivity (Wildman–Crippen MR) is 71.1 cm³/mol. The van der Waals surface area contributed by atoms with Gasteiger partial charge in [-0.1, -0.05) is 32.3 Å². The van der Waals surface area contributed by atoms with Gasteiger partial charge in [0.05, 0.1) is 5.60 Å². The molecule has 0 aromatic heterocycles. The lowest BCUT2D eigenvalue weighted by Crippen LogP contribution is -2.22. The number of fused-ring (bicyclic) bond motifs is 1. The van der Waals surface area contributed by atoms with Gasteiger partial charge >= 0.3 is 0 Å². The average molecular weight is 250 g/mol. The molecule has 0 saturated carbocycles. The topological polar surface area (TPSA) is 38.7 Å².